The van der Waals surface area contributed by atoms with Gasteiger partial charge in [-0.05, 0) is 5.92 Å². The Morgan fingerprint density at radius 2 is 2.29 bits per heavy atom. The number of nitrogens with one attached hydrogen (secondary N) is 1. The number of carbonyl (C=O) groups excluding carboxylic acids is 1. The van der Waals surface area contributed by atoms with E-state index in [1.165, 1.54) is 0 Å². The number of urea groups is 1. The molecule has 1 aliphatic heterocycles. The molecule has 1 rings (SSSR count). The summed E-state index contributed by atoms with van der Waals surface area (Å²) >= 11 is 1.87. The van der Waals surface area contributed by atoms with Gasteiger partial charge in [-0.15, -0.1) is 0 Å². The Kier molecular flexibility index (Phi) is 5.61. The fourth-order valence-electron chi connectivity index (χ4n) is 1.75. The van der Waals surface area contributed by atoms with Crippen LogP contribution < -0.4 is 5.32 Å². The lowest BCUT2D eigenvalue weighted by Gasteiger charge is -2.30. The minimum absolute atomic E-state index is 0.0342. The van der Waals surface area contributed by atoms with Crippen molar-refractivity contribution in [1.29, 1.82) is 0 Å². The van der Waals surface area contributed by atoms with E-state index < -0.39 is 5.97 Å². The first kappa shape index (κ1) is 14.2. The summed E-state index contributed by atoms with van der Waals surface area (Å²) in [5.74, 6) is 0.113. The topological polar surface area (TPSA) is 69.6 Å². The third-order valence-electron chi connectivity index (χ3n) is 2.65. The van der Waals surface area contributed by atoms with Crippen molar-refractivity contribution in [3.63, 3.8) is 0 Å². The molecular formula is C11H20N2O3S. The number of nitrogens with zero attached hydrogens (tertiary/aromatic N) is 1. The molecule has 17 heavy (non-hydrogen) atoms. The van der Waals surface area contributed by atoms with Crippen LogP contribution in [0.25, 0.3) is 0 Å². The zero-order valence-electron chi connectivity index (χ0n) is 10.3. The van der Waals surface area contributed by atoms with Crippen LogP contribution in [0.3, 0.4) is 0 Å². The van der Waals surface area contributed by atoms with Gasteiger partial charge in [0.25, 0.3) is 0 Å². The highest BCUT2D eigenvalue weighted by molar-refractivity contribution is 7.99. The maximum Gasteiger partial charge on any atom is 0.317 e. The molecule has 0 aliphatic carbocycles. The molecule has 0 aromatic heterocycles. The molecule has 1 heterocycles. The Labute approximate surface area is 106 Å². The van der Waals surface area contributed by atoms with Gasteiger partial charge in [0.2, 0.25) is 0 Å². The summed E-state index contributed by atoms with van der Waals surface area (Å²) in [6.07, 6.45) is 0.0898. The molecule has 0 bridgehead atoms. The maximum atomic E-state index is 11.8. The van der Waals surface area contributed by atoms with Gasteiger partial charge in [0.05, 0.1) is 0 Å². The number of hydrogen-bond donors (Lipinski definition) is 2. The van der Waals surface area contributed by atoms with E-state index >= 15 is 0 Å². The third-order valence-corrected chi connectivity index (χ3v) is 3.79. The van der Waals surface area contributed by atoms with Crippen molar-refractivity contribution in [1.82, 2.24) is 10.2 Å². The van der Waals surface area contributed by atoms with E-state index in [0.717, 1.165) is 18.8 Å². The lowest BCUT2D eigenvalue weighted by Crippen LogP contribution is -2.47. The van der Waals surface area contributed by atoms with Crippen molar-refractivity contribution in [2.45, 2.75) is 25.5 Å². The zero-order valence-corrected chi connectivity index (χ0v) is 11.1. The summed E-state index contributed by atoms with van der Waals surface area (Å²) in [7, 11) is 0. The normalized spacial score (nSPS) is 22.0. The first-order chi connectivity index (χ1) is 7.99. The summed E-state index contributed by atoms with van der Waals surface area (Å²) in [5.41, 5.74) is 0. The molecule has 1 saturated heterocycles. The standard InChI is InChI=1S/C11H20N2O3S/c1-8(5-10(14)15)6-12-11(16)13-3-4-17-9(2)7-13/h8-9H,3-7H2,1-2H3,(H,12,16)(H,14,15). The average molecular weight is 260 g/mol. The zero-order chi connectivity index (χ0) is 12.8. The van der Waals surface area contributed by atoms with Gasteiger partial charge in [-0.1, -0.05) is 13.8 Å². The fraction of sp³-hybridized carbons (Fsp3) is 0.818. The van der Waals surface area contributed by atoms with Crippen LogP contribution in [0, 0.1) is 5.92 Å². The predicted octanol–water partition coefficient (Wildman–Crippen LogP) is 1.24. The second-order valence-electron chi connectivity index (χ2n) is 4.52. The van der Waals surface area contributed by atoms with Crippen molar-refractivity contribution < 1.29 is 14.7 Å². The first-order valence-corrected chi connectivity index (χ1v) is 6.90. The van der Waals surface area contributed by atoms with Crippen LogP contribution >= 0.6 is 11.8 Å². The number of aliphatic carboxylic acids is 1. The number of carboxylic acids is 1. The molecule has 0 aromatic rings. The van der Waals surface area contributed by atoms with Crippen molar-refractivity contribution in [3.8, 4) is 0 Å². The molecule has 5 nitrogen and oxygen atoms in total. The summed E-state index contributed by atoms with van der Waals surface area (Å²) < 4.78 is 0. The van der Waals surface area contributed by atoms with Crippen molar-refractivity contribution >= 4 is 23.8 Å². The lowest BCUT2D eigenvalue weighted by atomic mass is 10.1. The number of hydrogen-bond acceptors (Lipinski definition) is 3. The van der Waals surface area contributed by atoms with Gasteiger partial charge in [-0.3, -0.25) is 4.79 Å². The van der Waals surface area contributed by atoms with Crippen LogP contribution in [-0.2, 0) is 4.79 Å². The monoisotopic (exact) mass is 260 g/mol. The Hall–Kier alpha value is -0.910. The smallest absolute Gasteiger partial charge is 0.317 e. The summed E-state index contributed by atoms with van der Waals surface area (Å²) in [6.45, 7) is 5.89. The largest absolute Gasteiger partial charge is 0.481 e. The molecule has 0 radical (unpaired) electrons. The average Bonchev–Trinajstić information content (AvgIpc) is 2.25. The summed E-state index contributed by atoms with van der Waals surface area (Å²) in [5, 5.41) is 11.9. The van der Waals surface area contributed by atoms with Crippen LogP contribution in [0.1, 0.15) is 20.3 Å². The van der Waals surface area contributed by atoms with E-state index in [2.05, 4.69) is 12.2 Å². The van der Waals surface area contributed by atoms with E-state index in [1.54, 1.807) is 4.90 Å². The molecule has 2 N–H and O–H groups in total. The summed E-state index contributed by atoms with van der Waals surface area (Å²) in [6, 6.07) is -0.0746. The molecule has 0 spiro atoms. The molecule has 1 fully saturated rings. The van der Waals surface area contributed by atoms with Crippen molar-refractivity contribution in [3.05, 3.63) is 0 Å². The SMILES string of the molecule is CC(CNC(=O)N1CCSC(C)C1)CC(=O)O. The number of amides is 2. The van der Waals surface area contributed by atoms with E-state index in [0.29, 0.717) is 11.8 Å². The second-order valence-corrected chi connectivity index (χ2v) is 6.06. The quantitative estimate of drug-likeness (QED) is 0.798. The third kappa shape index (κ3) is 5.30. The number of thioether (sulfide) groups is 1. The highest BCUT2D eigenvalue weighted by atomic mass is 32.2. The first-order valence-electron chi connectivity index (χ1n) is 5.85. The Morgan fingerprint density at radius 1 is 1.59 bits per heavy atom. The predicted molar refractivity (Wildman–Crippen MR) is 68.3 cm³/mol. The van der Waals surface area contributed by atoms with Crippen LogP contribution in [0.5, 0.6) is 0 Å². The number of rotatable bonds is 4. The highest BCUT2D eigenvalue weighted by Gasteiger charge is 2.21. The van der Waals surface area contributed by atoms with Crippen molar-refractivity contribution in [2.75, 3.05) is 25.4 Å². The molecule has 98 valence electrons. The molecular weight excluding hydrogens is 240 g/mol. The number of carbonyl (C=O) groups is 2. The molecule has 1 aliphatic rings. The van der Waals surface area contributed by atoms with Gasteiger partial charge in [-0.25, -0.2) is 4.79 Å². The van der Waals surface area contributed by atoms with E-state index in [4.69, 9.17) is 5.11 Å². The highest BCUT2D eigenvalue weighted by Crippen LogP contribution is 2.17. The minimum Gasteiger partial charge on any atom is -0.481 e. The molecule has 6 heteroatoms. The van der Waals surface area contributed by atoms with Gasteiger partial charge in [0.15, 0.2) is 0 Å². The van der Waals surface area contributed by atoms with Gasteiger partial charge >= 0.3 is 12.0 Å². The van der Waals surface area contributed by atoms with E-state index in [9.17, 15) is 9.59 Å². The molecule has 2 atom stereocenters. The van der Waals surface area contributed by atoms with Crippen molar-refractivity contribution in [2.24, 2.45) is 5.92 Å². The van der Waals surface area contributed by atoms with Gasteiger partial charge in [0.1, 0.15) is 0 Å². The van der Waals surface area contributed by atoms with Crippen LogP contribution in [-0.4, -0.2) is 52.6 Å². The molecule has 2 amide bonds. The minimum atomic E-state index is -0.824. The maximum absolute atomic E-state index is 11.8. The van der Waals surface area contributed by atoms with E-state index in [-0.39, 0.29) is 18.4 Å². The van der Waals surface area contributed by atoms with Gasteiger partial charge in [-0.2, -0.15) is 11.8 Å². The van der Waals surface area contributed by atoms with Crippen LogP contribution in [0.15, 0.2) is 0 Å². The lowest BCUT2D eigenvalue weighted by molar-refractivity contribution is -0.137. The Balaban J connectivity index is 2.26. The second kappa shape index (κ2) is 6.74. The van der Waals surface area contributed by atoms with Gasteiger partial charge in [0, 0.05) is 37.1 Å². The summed E-state index contributed by atoms with van der Waals surface area (Å²) in [4.78, 5) is 24.1. The number of carboxylic acid groups (broad SMARTS) is 1. The fourth-order valence-corrected chi connectivity index (χ4v) is 2.76. The van der Waals surface area contributed by atoms with E-state index in [1.807, 2.05) is 18.7 Å². The molecule has 2 unspecified atom stereocenters. The Morgan fingerprint density at radius 3 is 2.88 bits per heavy atom. The van der Waals surface area contributed by atoms with Crippen LogP contribution in [0.4, 0.5) is 4.79 Å². The molecule has 0 saturated carbocycles. The molecule has 0 aromatic carbocycles. The van der Waals surface area contributed by atoms with Crippen LogP contribution in [0.2, 0.25) is 0 Å². The van der Waals surface area contributed by atoms with Gasteiger partial charge < -0.3 is 15.3 Å². The Bertz CT molecular complexity index is 286.